The number of nitrogens with one attached hydrogen (secondary N) is 1. The summed E-state index contributed by atoms with van der Waals surface area (Å²) in [7, 11) is 0. The van der Waals surface area contributed by atoms with Crippen LogP contribution in [0, 0.1) is 0 Å². The van der Waals surface area contributed by atoms with Crippen molar-refractivity contribution in [3.8, 4) is 0 Å². The van der Waals surface area contributed by atoms with Crippen molar-refractivity contribution in [2.24, 2.45) is 0 Å². The monoisotopic (exact) mass is 255 g/mol. The molecular formula is C17H21NO. The lowest BCUT2D eigenvalue weighted by Crippen LogP contribution is -2.38. The third-order valence-electron chi connectivity index (χ3n) is 4.16. The Morgan fingerprint density at radius 1 is 0.947 bits per heavy atom. The van der Waals surface area contributed by atoms with Gasteiger partial charge in [-0.15, -0.1) is 0 Å². The molecule has 2 heteroatoms. The van der Waals surface area contributed by atoms with Gasteiger partial charge in [0.25, 0.3) is 0 Å². The molecular weight excluding hydrogens is 234 g/mol. The Labute approximate surface area is 114 Å². The topological polar surface area (TPSA) is 32.3 Å². The molecule has 2 aromatic rings. The van der Waals surface area contributed by atoms with Crippen LogP contribution in [0.3, 0.4) is 0 Å². The zero-order valence-corrected chi connectivity index (χ0v) is 11.2. The fourth-order valence-electron chi connectivity index (χ4n) is 2.95. The molecule has 1 saturated carbocycles. The number of aliphatic hydroxyl groups is 1. The number of rotatable bonds is 3. The van der Waals surface area contributed by atoms with E-state index in [1.807, 2.05) is 0 Å². The van der Waals surface area contributed by atoms with Crippen LogP contribution >= 0.6 is 0 Å². The highest BCUT2D eigenvalue weighted by Gasteiger charge is 2.28. The fourth-order valence-corrected chi connectivity index (χ4v) is 2.95. The smallest absolute Gasteiger partial charge is 0.0819 e. The Morgan fingerprint density at radius 2 is 1.68 bits per heavy atom. The first-order chi connectivity index (χ1) is 9.25. The standard InChI is InChI=1S/C17H21NO/c19-17(10-4-1-5-11-17)13-18-16-9-8-14-6-2-3-7-15(14)12-16/h2-3,6-9,12,18-19H,1,4-5,10-11,13H2. The van der Waals surface area contributed by atoms with Gasteiger partial charge in [-0.3, -0.25) is 0 Å². The molecule has 19 heavy (non-hydrogen) atoms. The number of anilines is 1. The van der Waals surface area contributed by atoms with Crippen molar-refractivity contribution < 1.29 is 5.11 Å². The molecule has 0 aromatic heterocycles. The van der Waals surface area contributed by atoms with E-state index in [9.17, 15) is 5.11 Å². The lowest BCUT2D eigenvalue weighted by molar-refractivity contribution is 0.0167. The zero-order chi connectivity index (χ0) is 13.1. The first-order valence-corrected chi connectivity index (χ1v) is 7.20. The largest absolute Gasteiger partial charge is 0.388 e. The summed E-state index contributed by atoms with van der Waals surface area (Å²) in [5.74, 6) is 0. The molecule has 2 aromatic carbocycles. The second-order valence-electron chi connectivity index (χ2n) is 5.70. The summed E-state index contributed by atoms with van der Waals surface area (Å²) >= 11 is 0. The van der Waals surface area contributed by atoms with Crippen LogP contribution in [0.2, 0.25) is 0 Å². The van der Waals surface area contributed by atoms with Crippen LogP contribution in [-0.2, 0) is 0 Å². The molecule has 1 aliphatic rings. The Balaban J connectivity index is 1.71. The molecule has 1 aliphatic carbocycles. The number of hydrogen-bond acceptors (Lipinski definition) is 2. The van der Waals surface area contributed by atoms with E-state index in [-0.39, 0.29) is 0 Å². The van der Waals surface area contributed by atoms with Gasteiger partial charge in [0.15, 0.2) is 0 Å². The molecule has 2 N–H and O–H groups in total. The summed E-state index contributed by atoms with van der Waals surface area (Å²) in [5, 5.41) is 16.4. The molecule has 0 amide bonds. The Bertz CT molecular complexity index is 558. The van der Waals surface area contributed by atoms with E-state index < -0.39 is 5.60 Å². The van der Waals surface area contributed by atoms with Crippen LogP contribution in [0.4, 0.5) is 5.69 Å². The molecule has 0 bridgehead atoms. The number of benzene rings is 2. The van der Waals surface area contributed by atoms with Gasteiger partial charge >= 0.3 is 0 Å². The number of fused-ring (bicyclic) bond motifs is 1. The average molecular weight is 255 g/mol. The van der Waals surface area contributed by atoms with Crippen molar-refractivity contribution in [3.63, 3.8) is 0 Å². The highest BCUT2D eigenvalue weighted by atomic mass is 16.3. The van der Waals surface area contributed by atoms with Gasteiger partial charge in [0.05, 0.1) is 5.60 Å². The molecule has 1 fully saturated rings. The van der Waals surface area contributed by atoms with E-state index in [4.69, 9.17) is 0 Å². The van der Waals surface area contributed by atoms with Gasteiger partial charge in [0.2, 0.25) is 0 Å². The minimum atomic E-state index is -0.510. The summed E-state index contributed by atoms with van der Waals surface area (Å²) in [6, 6.07) is 14.7. The third-order valence-corrected chi connectivity index (χ3v) is 4.16. The summed E-state index contributed by atoms with van der Waals surface area (Å²) < 4.78 is 0. The lowest BCUT2D eigenvalue weighted by atomic mass is 9.85. The maximum atomic E-state index is 10.5. The zero-order valence-electron chi connectivity index (χ0n) is 11.2. The molecule has 0 saturated heterocycles. The van der Waals surface area contributed by atoms with E-state index in [0.29, 0.717) is 6.54 Å². The van der Waals surface area contributed by atoms with Gasteiger partial charge in [-0.2, -0.15) is 0 Å². The third kappa shape index (κ3) is 2.90. The summed E-state index contributed by atoms with van der Waals surface area (Å²) in [4.78, 5) is 0. The Morgan fingerprint density at radius 3 is 2.47 bits per heavy atom. The molecule has 0 aliphatic heterocycles. The summed E-state index contributed by atoms with van der Waals surface area (Å²) in [6.45, 7) is 0.658. The Hall–Kier alpha value is -1.54. The first kappa shape index (κ1) is 12.5. The average Bonchev–Trinajstić information content (AvgIpc) is 2.46. The number of hydrogen-bond donors (Lipinski definition) is 2. The van der Waals surface area contributed by atoms with Crippen molar-refractivity contribution >= 4 is 16.5 Å². The molecule has 2 nitrogen and oxygen atoms in total. The molecule has 0 atom stereocenters. The minimum absolute atomic E-state index is 0.510. The first-order valence-electron chi connectivity index (χ1n) is 7.20. The highest BCUT2D eigenvalue weighted by molar-refractivity contribution is 5.85. The summed E-state index contributed by atoms with van der Waals surface area (Å²) in [5.41, 5.74) is 0.585. The van der Waals surface area contributed by atoms with E-state index in [1.54, 1.807) is 0 Å². The van der Waals surface area contributed by atoms with Crippen molar-refractivity contribution in [1.82, 2.24) is 0 Å². The highest BCUT2D eigenvalue weighted by Crippen LogP contribution is 2.28. The predicted molar refractivity (Wildman–Crippen MR) is 80.5 cm³/mol. The maximum Gasteiger partial charge on any atom is 0.0819 e. The minimum Gasteiger partial charge on any atom is -0.388 e. The molecule has 0 radical (unpaired) electrons. The fraction of sp³-hybridized carbons (Fsp3) is 0.412. The second kappa shape index (κ2) is 5.22. The van der Waals surface area contributed by atoms with Crippen molar-refractivity contribution in [3.05, 3.63) is 42.5 Å². The predicted octanol–water partition coefficient (Wildman–Crippen LogP) is 3.95. The van der Waals surface area contributed by atoms with Crippen LogP contribution < -0.4 is 5.32 Å². The van der Waals surface area contributed by atoms with Crippen LogP contribution in [0.1, 0.15) is 32.1 Å². The van der Waals surface area contributed by atoms with Gasteiger partial charge in [0, 0.05) is 12.2 Å². The van der Waals surface area contributed by atoms with Crippen molar-refractivity contribution in [2.45, 2.75) is 37.7 Å². The van der Waals surface area contributed by atoms with Gasteiger partial charge in [-0.25, -0.2) is 0 Å². The molecule has 100 valence electrons. The van der Waals surface area contributed by atoms with Crippen LogP contribution in [0.5, 0.6) is 0 Å². The van der Waals surface area contributed by atoms with Crippen LogP contribution in [0.15, 0.2) is 42.5 Å². The van der Waals surface area contributed by atoms with Crippen molar-refractivity contribution in [1.29, 1.82) is 0 Å². The Kier molecular flexibility index (Phi) is 3.43. The summed E-state index contributed by atoms with van der Waals surface area (Å²) in [6.07, 6.45) is 5.41. The van der Waals surface area contributed by atoms with Gasteiger partial charge < -0.3 is 10.4 Å². The second-order valence-corrected chi connectivity index (χ2v) is 5.70. The molecule has 0 spiro atoms. The van der Waals surface area contributed by atoms with E-state index >= 15 is 0 Å². The molecule has 3 rings (SSSR count). The van der Waals surface area contributed by atoms with E-state index in [2.05, 4.69) is 47.8 Å². The molecule has 0 heterocycles. The van der Waals surface area contributed by atoms with Crippen LogP contribution in [0.25, 0.3) is 10.8 Å². The molecule has 0 unspecified atom stereocenters. The van der Waals surface area contributed by atoms with Gasteiger partial charge in [-0.1, -0.05) is 49.6 Å². The normalized spacial score (nSPS) is 18.4. The van der Waals surface area contributed by atoms with Gasteiger partial charge in [-0.05, 0) is 35.7 Å². The van der Waals surface area contributed by atoms with Crippen LogP contribution in [-0.4, -0.2) is 17.3 Å². The lowest BCUT2D eigenvalue weighted by Gasteiger charge is -2.32. The maximum absolute atomic E-state index is 10.5. The van der Waals surface area contributed by atoms with Crippen molar-refractivity contribution in [2.75, 3.05) is 11.9 Å². The van der Waals surface area contributed by atoms with Gasteiger partial charge in [0.1, 0.15) is 0 Å². The quantitative estimate of drug-likeness (QED) is 0.870. The van der Waals surface area contributed by atoms with E-state index in [0.717, 1.165) is 31.4 Å². The van der Waals surface area contributed by atoms with E-state index in [1.165, 1.54) is 17.2 Å². The SMILES string of the molecule is OC1(CNc2ccc3ccccc3c2)CCCCC1.